The molecule has 2 rings (SSSR count). The van der Waals surface area contributed by atoms with E-state index < -0.39 is 13.8 Å². The lowest BCUT2D eigenvalue weighted by atomic mass is 10.2. The third-order valence-electron chi connectivity index (χ3n) is 2.49. The van der Waals surface area contributed by atoms with Gasteiger partial charge >= 0.3 is 13.8 Å². The molecule has 0 fully saturated rings. The van der Waals surface area contributed by atoms with Gasteiger partial charge < -0.3 is 25.0 Å². The highest BCUT2D eigenvalue weighted by atomic mass is 31.2. The number of pyridine rings is 1. The quantitative estimate of drug-likeness (QED) is 0.430. The molecule has 2 aromatic rings. The molecule has 0 aliphatic heterocycles. The number of carbonyl (C=O) groups is 1. The Hall–Kier alpha value is -1.99. The van der Waals surface area contributed by atoms with Crippen LogP contribution in [0.1, 0.15) is 6.42 Å². The van der Waals surface area contributed by atoms with Crippen molar-refractivity contribution in [1.82, 2.24) is 4.98 Å². The van der Waals surface area contributed by atoms with Crippen molar-refractivity contribution in [3.05, 3.63) is 42.6 Å². The number of rotatable bonds is 4. The van der Waals surface area contributed by atoms with Gasteiger partial charge in [-0.25, -0.2) is 4.79 Å². The summed E-state index contributed by atoms with van der Waals surface area (Å²) in [4.78, 5) is 31.2. The zero-order valence-electron chi connectivity index (χ0n) is 13.7. The Kier molecular flexibility index (Phi) is 11.4. The maximum atomic E-state index is 10.3. The van der Waals surface area contributed by atoms with Crippen LogP contribution in [0.4, 0.5) is 4.79 Å². The first-order chi connectivity index (χ1) is 11.4. The minimum absolute atomic E-state index is 0.0439. The number of benzene rings is 1. The highest BCUT2D eigenvalue weighted by Gasteiger charge is 2.12. The van der Waals surface area contributed by atoms with Gasteiger partial charge in [0.2, 0.25) is 0 Å². The number of hydrogen-bond acceptors (Lipinski definition) is 6. The molecule has 0 spiro atoms. The molecule has 1 heterocycles. The average molecular weight is 358 g/mol. The summed E-state index contributed by atoms with van der Waals surface area (Å²) in [5, 5.41) is 1.20. The van der Waals surface area contributed by atoms with Crippen LogP contribution >= 0.6 is 7.60 Å². The van der Waals surface area contributed by atoms with E-state index in [-0.39, 0.29) is 19.2 Å². The lowest BCUT2D eigenvalue weighted by molar-refractivity contribution is 0.0726. The monoisotopic (exact) mass is 358 g/mol. The van der Waals surface area contributed by atoms with E-state index in [0.717, 1.165) is 12.6 Å². The molecule has 0 bridgehead atoms. The number of nitrogens with zero attached hydrogens (tertiary/aromatic N) is 1. The molecule has 0 saturated heterocycles. The van der Waals surface area contributed by atoms with E-state index in [2.05, 4.69) is 32.3 Å². The lowest BCUT2D eigenvalue weighted by Gasteiger charge is -2.03. The molecular weight excluding hydrogens is 335 g/mol. The fraction of sp³-hybridized carbons (Fsp3) is 0.333. The van der Waals surface area contributed by atoms with E-state index in [1.54, 1.807) is 0 Å². The highest BCUT2D eigenvalue weighted by Crippen LogP contribution is 2.34. The second-order valence-corrected chi connectivity index (χ2v) is 6.02. The fourth-order valence-electron chi connectivity index (χ4n) is 1.50. The smallest absolute Gasteiger partial charge is 0.438 e. The van der Waals surface area contributed by atoms with Crippen LogP contribution in [-0.4, -0.2) is 47.9 Å². The van der Waals surface area contributed by atoms with Crippen LogP contribution in [0.3, 0.4) is 0 Å². The van der Waals surface area contributed by atoms with Gasteiger partial charge in [-0.05, 0) is 25.6 Å². The molecule has 9 heteroatoms. The number of fused-ring (bicyclic) bond motifs is 1. The van der Waals surface area contributed by atoms with E-state index >= 15 is 0 Å². The van der Waals surface area contributed by atoms with Gasteiger partial charge in [0.15, 0.2) is 0 Å². The summed E-state index contributed by atoms with van der Waals surface area (Å²) in [5.41, 5.74) is 5.56. The summed E-state index contributed by atoms with van der Waals surface area (Å²) < 4.78 is 18.8. The Morgan fingerprint density at radius 2 is 1.83 bits per heavy atom. The molecule has 0 aliphatic carbocycles. The van der Waals surface area contributed by atoms with Crippen molar-refractivity contribution >= 4 is 24.7 Å². The van der Waals surface area contributed by atoms with Crippen molar-refractivity contribution < 1.29 is 28.6 Å². The minimum atomic E-state index is -3.97. The number of hydrogen-bond donors (Lipinski definition) is 3. The molecule has 0 saturated carbocycles. The van der Waals surface area contributed by atoms with Crippen molar-refractivity contribution in [3.63, 3.8) is 0 Å². The number of aromatic nitrogens is 1. The molecule has 134 valence electrons. The Morgan fingerprint density at radius 1 is 1.21 bits per heavy atom. The second kappa shape index (κ2) is 12.4. The van der Waals surface area contributed by atoms with Crippen LogP contribution in [-0.2, 0) is 14.0 Å². The number of carbonyl (C=O) groups excluding carboxylic acids is 1. The molecule has 1 aromatic heterocycles. The summed E-state index contributed by atoms with van der Waals surface area (Å²) in [6, 6.07) is 12.1. The SMILES string of the molecule is CN.COC(=O)OCCCP(=O)(O)O.c1ccc2ncccc2c1. The molecule has 1 aromatic carbocycles. The van der Waals surface area contributed by atoms with Crippen molar-refractivity contribution in [2.75, 3.05) is 26.9 Å². The number of methoxy groups -OCH3 is 1. The summed E-state index contributed by atoms with van der Waals surface area (Å²) in [6.45, 7) is -0.0439. The largest absolute Gasteiger partial charge is 0.507 e. The van der Waals surface area contributed by atoms with Gasteiger partial charge in [-0.3, -0.25) is 9.55 Å². The average Bonchev–Trinajstić information content (AvgIpc) is 2.60. The van der Waals surface area contributed by atoms with E-state index in [4.69, 9.17) is 9.79 Å². The molecule has 0 aliphatic rings. The van der Waals surface area contributed by atoms with Crippen molar-refractivity contribution in [1.29, 1.82) is 0 Å². The van der Waals surface area contributed by atoms with Gasteiger partial charge in [-0.2, -0.15) is 0 Å². The molecule has 4 N–H and O–H groups in total. The van der Waals surface area contributed by atoms with Crippen molar-refractivity contribution in [3.8, 4) is 0 Å². The van der Waals surface area contributed by atoms with Gasteiger partial charge in [-0.1, -0.05) is 24.3 Å². The van der Waals surface area contributed by atoms with Crippen molar-refractivity contribution in [2.24, 2.45) is 5.73 Å². The first-order valence-corrected chi connectivity index (χ1v) is 8.85. The normalized spacial score (nSPS) is 9.88. The fourth-order valence-corrected chi connectivity index (χ4v) is 2.04. The second-order valence-electron chi connectivity index (χ2n) is 4.24. The van der Waals surface area contributed by atoms with Crippen LogP contribution in [0, 0.1) is 0 Å². The molecule has 8 nitrogen and oxygen atoms in total. The third kappa shape index (κ3) is 10.7. The maximum Gasteiger partial charge on any atom is 0.507 e. The zero-order chi connectivity index (χ0) is 18.4. The van der Waals surface area contributed by atoms with Gasteiger partial charge in [0.1, 0.15) is 0 Å². The maximum absolute atomic E-state index is 10.3. The molecular formula is C15H23N2O6P. The van der Waals surface area contributed by atoms with E-state index in [0.29, 0.717) is 0 Å². The predicted octanol–water partition coefficient (Wildman–Crippen LogP) is 2.15. The van der Waals surface area contributed by atoms with Gasteiger partial charge in [0.25, 0.3) is 0 Å². The Labute approximate surface area is 140 Å². The number of ether oxygens (including phenoxy) is 2. The standard InChI is InChI=1S/C9H7N.C5H11O6P.CH5N/c1-2-6-9-8(4-1)5-3-7-10-9;1-10-5(6)11-3-2-4-12(7,8)9;1-2/h1-7H;2-4H2,1H3,(H2,7,8,9);2H2,1H3. The minimum Gasteiger partial charge on any atom is -0.438 e. The Balaban J connectivity index is 0.000000402. The summed E-state index contributed by atoms with van der Waals surface area (Å²) in [5.74, 6) is 0. The predicted molar refractivity (Wildman–Crippen MR) is 91.7 cm³/mol. The van der Waals surface area contributed by atoms with Crippen LogP contribution in [0.25, 0.3) is 10.9 Å². The molecule has 24 heavy (non-hydrogen) atoms. The number of nitrogens with two attached hydrogens (primary N) is 1. The van der Waals surface area contributed by atoms with Crippen LogP contribution in [0.5, 0.6) is 0 Å². The third-order valence-corrected chi connectivity index (χ3v) is 3.39. The summed E-state index contributed by atoms with van der Waals surface area (Å²) >= 11 is 0. The molecule has 0 amide bonds. The van der Waals surface area contributed by atoms with Crippen LogP contribution in [0.15, 0.2) is 42.6 Å². The number of para-hydroxylation sites is 1. The Morgan fingerprint density at radius 3 is 2.42 bits per heavy atom. The molecule has 0 unspecified atom stereocenters. The van der Waals surface area contributed by atoms with Crippen molar-refractivity contribution in [2.45, 2.75) is 6.42 Å². The zero-order valence-corrected chi connectivity index (χ0v) is 14.6. The molecule has 0 atom stereocenters. The lowest BCUT2D eigenvalue weighted by Crippen LogP contribution is -2.06. The molecule has 0 radical (unpaired) electrons. The van der Waals surface area contributed by atoms with Gasteiger partial charge in [-0.15, -0.1) is 0 Å². The van der Waals surface area contributed by atoms with E-state index in [1.807, 2.05) is 30.5 Å². The summed E-state index contributed by atoms with van der Waals surface area (Å²) in [6.07, 6.45) is 0.798. The summed E-state index contributed by atoms with van der Waals surface area (Å²) in [7, 11) is -1.31. The van der Waals surface area contributed by atoms with E-state index in [9.17, 15) is 9.36 Å². The first kappa shape index (κ1) is 22.0. The van der Waals surface area contributed by atoms with Crippen LogP contribution in [0.2, 0.25) is 0 Å². The Bertz CT molecular complexity index is 581. The van der Waals surface area contributed by atoms with Crippen LogP contribution < -0.4 is 5.73 Å². The first-order valence-electron chi connectivity index (χ1n) is 7.05. The van der Waals surface area contributed by atoms with Gasteiger partial charge in [0.05, 0.1) is 25.4 Å². The van der Waals surface area contributed by atoms with E-state index in [1.165, 1.54) is 12.4 Å². The topological polar surface area (TPSA) is 132 Å². The van der Waals surface area contributed by atoms with Gasteiger partial charge in [0, 0.05) is 11.6 Å². The highest BCUT2D eigenvalue weighted by molar-refractivity contribution is 7.51.